The molecule has 0 aliphatic carbocycles. The van der Waals surface area contributed by atoms with Gasteiger partial charge in [0.05, 0.1) is 10.9 Å². The minimum Gasteiger partial charge on any atom is -0.302 e. The molecule has 0 spiro atoms. The molecule has 7 nitrogen and oxygen atoms in total. The quantitative estimate of drug-likeness (QED) is 0.429. The van der Waals surface area contributed by atoms with Crippen molar-refractivity contribution in [3.05, 3.63) is 42.0 Å². The van der Waals surface area contributed by atoms with Crippen LogP contribution in [0.4, 0.5) is 0 Å². The number of hydrogen-bond donors (Lipinski definition) is 0. The van der Waals surface area contributed by atoms with Gasteiger partial charge in [0, 0.05) is 36.0 Å². The number of aromatic nitrogens is 7. The third-order valence-corrected chi connectivity index (χ3v) is 7.62. The Labute approximate surface area is 174 Å². The Bertz CT molecular complexity index is 1070. The van der Waals surface area contributed by atoms with Crippen LogP contribution in [0.2, 0.25) is 0 Å². The van der Waals surface area contributed by atoms with Crippen molar-refractivity contribution in [3.8, 4) is 22.1 Å². The molecule has 0 aromatic carbocycles. The summed E-state index contributed by atoms with van der Waals surface area (Å²) < 4.78 is 4.44. The van der Waals surface area contributed by atoms with E-state index in [1.165, 1.54) is 0 Å². The molecule has 1 aliphatic heterocycles. The zero-order valence-corrected chi connectivity index (χ0v) is 17.5. The van der Waals surface area contributed by atoms with Gasteiger partial charge in [0.25, 0.3) is 0 Å². The number of hydrogen-bond acceptors (Lipinski definition) is 8. The summed E-state index contributed by atoms with van der Waals surface area (Å²) in [5, 5.41) is 21.7. The maximum Gasteiger partial charge on any atom is 0.191 e. The molecule has 5 heterocycles. The molecule has 5 rings (SSSR count). The lowest BCUT2D eigenvalue weighted by molar-refractivity contribution is 0.595. The normalized spacial score (nSPS) is 15.8. The molecule has 10 heteroatoms. The molecule has 0 bridgehead atoms. The standard InChI is InChI=1S/C18H17N7S3/c1-2-24-16(14-4-3-9-26-14)21-22-17(24)27-10-13-11-28-18-23-20-15(25(13)18)12-5-7-19-8-6-12/h3-9,13H,2,10-11H2,1H3/t13-/m1/s1. The first-order valence-electron chi connectivity index (χ1n) is 8.93. The van der Waals surface area contributed by atoms with Gasteiger partial charge in [-0.3, -0.25) is 9.55 Å². The summed E-state index contributed by atoms with van der Waals surface area (Å²) in [7, 11) is 0. The van der Waals surface area contributed by atoms with Crippen molar-refractivity contribution in [1.82, 2.24) is 34.5 Å². The molecule has 28 heavy (non-hydrogen) atoms. The molecule has 0 amide bonds. The highest BCUT2D eigenvalue weighted by molar-refractivity contribution is 8.00. The lowest BCUT2D eigenvalue weighted by Gasteiger charge is -2.14. The van der Waals surface area contributed by atoms with Gasteiger partial charge < -0.3 is 4.57 Å². The number of nitrogens with zero attached hydrogens (tertiary/aromatic N) is 7. The van der Waals surface area contributed by atoms with Crippen molar-refractivity contribution in [2.24, 2.45) is 0 Å². The van der Waals surface area contributed by atoms with Gasteiger partial charge in [-0.05, 0) is 30.5 Å². The summed E-state index contributed by atoms with van der Waals surface area (Å²) in [5.41, 5.74) is 1.04. The molecule has 0 saturated carbocycles. The molecular weight excluding hydrogens is 410 g/mol. The Morgan fingerprint density at radius 1 is 1.11 bits per heavy atom. The first kappa shape index (κ1) is 17.9. The maximum atomic E-state index is 4.46. The van der Waals surface area contributed by atoms with Crippen LogP contribution >= 0.6 is 34.9 Å². The molecule has 1 aliphatic rings. The SMILES string of the molecule is CCn1c(SC[C@@H]2CSc3nnc(-c4ccncc4)n32)nnc1-c1cccs1. The van der Waals surface area contributed by atoms with Crippen LogP contribution in [0.3, 0.4) is 0 Å². The zero-order valence-electron chi connectivity index (χ0n) is 15.1. The van der Waals surface area contributed by atoms with Crippen LogP contribution in [-0.4, -0.2) is 46.0 Å². The highest BCUT2D eigenvalue weighted by atomic mass is 32.2. The summed E-state index contributed by atoms with van der Waals surface area (Å²) in [6.07, 6.45) is 3.58. The van der Waals surface area contributed by atoms with E-state index in [2.05, 4.69) is 52.9 Å². The number of thiophene rings is 1. The first-order chi connectivity index (χ1) is 13.8. The van der Waals surface area contributed by atoms with E-state index in [1.54, 1.807) is 47.3 Å². The van der Waals surface area contributed by atoms with E-state index in [9.17, 15) is 0 Å². The molecule has 0 fully saturated rings. The Kier molecular flexibility index (Phi) is 4.91. The van der Waals surface area contributed by atoms with E-state index in [1.807, 2.05) is 18.2 Å². The second-order valence-corrected chi connectivity index (χ2v) is 9.14. The van der Waals surface area contributed by atoms with Crippen molar-refractivity contribution in [2.75, 3.05) is 11.5 Å². The van der Waals surface area contributed by atoms with E-state index >= 15 is 0 Å². The van der Waals surface area contributed by atoms with E-state index in [0.717, 1.165) is 50.5 Å². The van der Waals surface area contributed by atoms with Crippen LogP contribution in [0, 0.1) is 0 Å². The fourth-order valence-corrected chi connectivity index (χ4v) is 6.24. The largest absolute Gasteiger partial charge is 0.302 e. The number of fused-ring (bicyclic) bond motifs is 1. The van der Waals surface area contributed by atoms with E-state index in [4.69, 9.17) is 0 Å². The molecule has 0 N–H and O–H groups in total. The Morgan fingerprint density at radius 2 is 1.96 bits per heavy atom. The fourth-order valence-electron chi connectivity index (χ4n) is 3.21. The third kappa shape index (κ3) is 3.15. The second-order valence-electron chi connectivity index (χ2n) is 6.22. The van der Waals surface area contributed by atoms with Crippen molar-refractivity contribution in [1.29, 1.82) is 0 Å². The number of rotatable bonds is 6. The lowest BCUT2D eigenvalue weighted by atomic mass is 10.2. The smallest absolute Gasteiger partial charge is 0.191 e. The summed E-state index contributed by atoms with van der Waals surface area (Å²) in [6, 6.07) is 8.41. The monoisotopic (exact) mass is 427 g/mol. The number of pyridine rings is 1. The minimum atomic E-state index is 0.315. The van der Waals surface area contributed by atoms with Gasteiger partial charge in [0.15, 0.2) is 22.0 Å². The summed E-state index contributed by atoms with van der Waals surface area (Å²) in [5.74, 6) is 3.75. The second kappa shape index (κ2) is 7.69. The Morgan fingerprint density at radius 3 is 2.75 bits per heavy atom. The van der Waals surface area contributed by atoms with Crippen molar-refractivity contribution >= 4 is 34.9 Å². The van der Waals surface area contributed by atoms with Crippen molar-refractivity contribution in [2.45, 2.75) is 29.8 Å². The van der Waals surface area contributed by atoms with Gasteiger partial charge in [0.2, 0.25) is 0 Å². The molecule has 4 aromatic rings. The average Bonchev–Trinajstić information content (AvgIpc) is 3.51. The van der Waals surface area contributed by atoms with Crippen LogP contribution in [0.25, 0.3) is 22.1 Å². The predicted molar refractivity (Wildman–Crippen MR) is 113 cm³/mol. The molecule has 4 aromatic heterocycles. The Hall–Kier alpha value is -2.17. The van der Waals surface area contributed by atoms with Gasteiger partial charge in [-0.15, -0.1) is 31.7 Å². The van der Waals surface area contributed by atoms with Gasteiger partial charge >= 0.3 is 0 Å². The maximum absolute atomic E-state index is 4.46. The minimum absolute atomic E-state index is 0.315. The summed E-state index contributed by atoms with van der Waals surface area (Å²) >= 11 is 5.20. The molecule has 0 radical (unpaired) electrons. The highest BCUT2D eigenvalue weighted by Crippen LogP contribution is 2.39. The van der Waals surface area contributed by atoms with Crippen LogP contribution in [0.1, 0.15) is 13.0 Å². The van der Waals surface area contributed by atoms with Crippen LogP contribution in [0.15, 0.2) is 52.4 Å². The van der Waals surface area contributed by atoms with Crippen LogP contribution in [0.5, 0.6) is 0 Å². The summed E-state index contributed by atoms with van der Waals surface area (Å²) in [4.78, 5) is 5.25. The topological polar surface area (TPSA) is 74.3 Å². The molecule has 0 saturated heterocycles. The van der Waals surface area contributed by atoms with E-state index < -0.39 is 0 Å². The van der Waals surface area contributed by atoms with Crippen LogP contribution in [-0.2, 0) is 6.54 Å². The number of thioether (sulfide) groups is 2. The van der Waals surface area contributed by atoms with Crippen molar-refractivity contribution in [3.63, 3.8) is 0 Å². The average molecular weight is 428 g/mol. The van der Waals surface area contributed by atoms with Gasteiger partial charge in [-0.1, -0.05) is 29.6 Å². The van der Waals surface area contributed by atoms with Gasteiger partial charge in [0.1, 0.15) is 0 Å². The lowest BCUT2D eigenvalue weighted by Crippen LogP contribution is -2.12. The summed E-state index contributed by atoms with van der Waals surface area (Å²) in [6.45, 7) is 2.98. The molecule has 142 valence electrons. The fraction of sp³-hybridized carbons (Fsp3) is 0.278. The Balaban J connectivity index is 1.38. The van der Waals surface area contributed by atoms with Gasteiger partial charge in [-0.25, -0.2) is 0 Å². The predicted octanol–water partition coefficient (Wildman–Crippen LogP) is 4.12. The van der Waals surface area contributed by atoms with Crippen LogP contribution < -0.4 is 0 Å². The van der Waals surface area contributed by atoms with Crippen molar-refractivity contribution < 1.29 is 0 Å². The van der Waals surface area contributed by atoms with E-state index in [-0.39, 0.29) is 0 Å². The molecular formula is C18H17N7S3. The zero-order chi connectivity index (χ0) is 18.9. The molecule has 0 unspecified atom stereocenters. The third-order valence-electron chi connectivity index (χ3n) is 4.55. The molecule has 1 atom stereocenters. The van der Waals surface area contributed by atoms with Gasteiger partial charge in [-0.2, -0.15) is 0 Å². The highest BCUT2D eigenvalue weighted by Gasteiger charge is 2.29. The first-order valence-corrected chi connectivity index (χ1v) is 11.8. The van der Waals surface area contributed by atoms with E-state index in [0.29, 0.717) is 6.04 Å².